The quantitative estimate of drug-likeness (QED) is 0.663. The van der Waals surface area contributed by atoms with E-state index in [1.54, 1.807) is 0 Å². The highest BCUT2D eigenvalue weighted by atomic mass is 16.3. The first-order valence-corrected chi connectivity index (χ1v) is 5.89. The van der Waals surface area contributed by atoms with E-state index in [-0.39, 0.29) is 0 Å². The summed E-state index contributed by atoms with van der Waals surface area (Å²) in [6.45, 7) is 11.4. The third-order valence-corrected chi connectivity index (χ3v) is 3.05. The fourth-order valence-corrected chi connectivity index (χ4v) is 1.99. The molecule has 1 atom stereocenters. The summed E-state index contributed by atoms with van der Waals surface area (Å²) in [5.41, 5.74) is -0.509. The number of hydrogen-bond acceptors (Lipinski definition) is 2. The summed E-state index contributed by atoms with van der Waals surface area (Å²) < 4.78 is 0. The van der Waals surface area contributed by atoms with Crippen molar-refractivity contribution in [3.8, 4) is 0 Å². The number of nitrogens with one attached hydrogen (secondary N) is 1. The molecule has 0 saturated carbocycles. The molecule has 0 heterocycles. The fraction of sp³-hybridized carbons (Fsp3) is 1.00. The summed E-state index contributed by atoms with van der Waals surface area (Å²) in [5.74, 6) is 0.427. The molecule has 1 unspecified atom stereocenters. The predicted octanol–water partition coefficient (Wildman–Crippen LogP) is 2.56. The zero-order valence-corrected chi connectivity index (χ0v) is 10.4. The van der Waals surface area contributed by atoms with Gasteiger partial charge in [-0.3, -0.25) is 0 Å². The Bertz CT molecular complexity index is 139. The van der Waals surface area contributed by atoms with E-state index < -0.39 is 5.60 Å². The number of hydrogen-bond donors (Lipinski definition) is 2. The van der Waals surface area contributed by atoms with Crippen molar-refractivity contribution in [3.63, 3.8) is 0 Å². The molecule has 86 valence electrons. The van der Waals surface area contributed by atoms with Gasteiger partial charge in [-0.05, 0) is 25.8 Å². The predicted molar refractivity (Wildman–Crippen MR) is 62.5 cm³/mol. The molecule has 2 N–H and O–H groups in total. The van der Waals surface area contributed by atoms with Crippen molar-refractivity contribution in [2.45, 2.75) is 65.5 Å². The highest BCUT2D eigenvalue weighted by Gasteiger charge is 2.28. The van der Waals surface area contributed by atoms with Gasteiger partial charge in [-0.1, -0.05) is 40.5 Å². The minimum Gasteiger partial charge on any atom is -0.390 e. The lowest BCUT2D eigenvalue weighted by Crippen LogP contribution is -2.38. The lowest BCUT2D eigenvalue weighted by Gasteiger charge is -2.32. The highest BCUT2D eigenvalue weighted by Crippen LogP contribution is 2.26. The van der Waals surface area contributed by atoms with Crippen LogP contribution in [0, 0.1) is 5.92 Å². The molecule has 0 aromatic heterocycles. The Morgan fingerprint density at radius 1 is 1.21 bits per heavy atom. The van der Waals surface area contributed by atoms with E-state index in [0.717, 1.165) is 25.8 Å². The zero-order chi connectivity index (χ0) is 11.2. The van der Waals surface area contributed by atoms with Crippen molar-refractivity contribution in [2.75, 3.05) is 6.54 Å². The van der Waals surface area contributed by atoms with Gasteiger partial charge in [-0.15, -0.1) is 0 Å². The van der Waals surface area contributed by atoms with Gasteiger partial charge < -0.3 is 10.4 Å². The Morgan fingerprint density at radius 3 is 2.07 bits per heavy atom. The number of rotatable bonds is 7. The van der Waals surface area contributed by atoms with Crippen molar-refractivity contribution < 1.29 is 5.11 Å². The van der Waals surface area contributed by atoms with Gasteiger partial charge in [0.05, 0.1) is 5.60 Å². The van der Waals surface area contributed by atoms with Crippen LogP contribution in [-0.4, -0.2) is 23.3 Å². The molecule has 0 rings (SSSR count). The smallest absolute Gasteiger partial charge is 0.0659 e. The van der Waals surface area contributed by atoms with Gasteiger partial charge in [0.2, 0.25) is 0 Å². The minimum atomic E-state index is -0.509. The largest absolute Gasteiger partial charge is 0.390 e. The monoisotopic (exact) mass is 201 g/mol. The minimum absolute atomic E-state index is 0.427. The van der Waals surface area contributed by atoms with Crippen LogP contribution in [0.3, 0.4) is 0 Å². The van der Waals surface area contributed by atoms with E-state index in [4.69, 9.17) is 0 Å². The average molecular weight is 201 g/mol. The topological polar surface area (TPSA) is 32.3 Å². The molecule has 0 saturated heterocycles. The van der Waals surface area contributed by atoms with E-state index in [1.807, 2.05) is 6.92 Å². The molecule has 0 aromatic carbocycles. The Labute approximate surface area is 89.1 Å². The lowest BCUT2D eigenvalue weighted by atomic mass is 9.82. The summed E-state index contributed by atoms with van der Waals surface area (Å²) in [6.07, 6.45) is 2.97. The zero-order valence-electron chi connectivity index (χ0n) is 10.4. The lowest BCUT2D eigenvalue weighted by molar-refractivity contribution is -0.0119. The van der Waals surface area contributed by atoms with E-state index >= 15 is 0 Å². The maximum atomic E-state index is 10.2. The summed E-state index contributed by atoms with van der Waals surface area (Å²) in [6, 6.07) is 0.507. The van der Waals surface area contributed by atoms with Crippen LogP contribution in [0.15, 0.2) is 0 Å². The van der Waals surface area contributed by atoms with Crippen LogP contribution in [0.4, 0.5) is 0 Å². The summed E-state index contributed by atoms with van der Waals surface area (Å²) >= 11 is 0. The number of aliphatic hydroxyl groups is 1. The maximum Gasteiger partial charge on any atom is 0.0659 e. The van der Waals surface area contributed by atoms with Gasteiger partial charge in [0.25, 0.3) is 0 Å². The van der Waals surface area contributed by atoms with Crippen molar-refractivity contribution in [1.82, 2.24) is 5.32 Å². The molecule has 0 bridgehead atoms. The second kappa shape index (κ2) is 6.41. The molecule has 0 aromatic rings. The molecule has 2 heteroatoms. The van der Waals surface area contributed by atoms with Gasteiger partial charge >= 0.3 is 0 Å². The summed E-state index contributed by atoms with van der Waals surface area (Å²) in [5, 5.41) is 13.6. The molecule has 0 amide bonds. The molecule has 0 aliphatic heterocycles. The van der Waals surface area contributed by atoms with E-state index in [0.29, 0.717) is 12.0 Å². The van der Waals surface area contributed by atoms with E-state index in [2.05, 4.69) is 33.0 Å². The maximum absolute atomic E-state index is 10.2. The van der Waals surface area contributed by atoms with Gasteiger partial charge in [-0.2, -0.15) is 0 Å². The Morgan fingerprint density at radius 2 is 1.71 bits per heavy atom. The van der Waals surface area contributed by atoms with Crippen LogP contribution in [-0.2, 0) is 0 Å². The molecular weight excluding hydrogens is 174 g/mol. The Kier molecular flexibility index (Phi) is 6.38. The van der Waals surface area contributed by atoms with Crippen LogP contribution in [0.5, 0.6) is 0 Å². The van der Waals surface area contributed by atoms with E-state index in [1.165, 1.54) is 0 Å². The molecule has 0 fully saturated rings. The molecule has 14 heavy (non-hydrogen) atoms. The van der Waals surface area contributed by atoms with Gasteiger partial charge in [-0.25, -0.2) is 0 Å². The van der Waals surface area contributed by atoms with Crippen molar-refractivity contribution in [3.05, 3.63) is 0 Å². The fourth-order valence-electron chi connectivity index (χ4n) is 1.99. The van der Waals surface area contributed by atoms with Crippen molar-refractivity contribution in [2.24, 2.45) is 5.92 Å². The third-order valence-electron chi connectivity index (χ3n) is 3.05. The molecule has 0 aliphatic carbocycles. The first kappa shape index (κ1) is 13.9. The molecule has 0 aliphatic rings. The SMILES string of the molecule is CCC(CC)C(C)(O)CCNC(C)C. The van der Waals surface area contributed by atoms with Crippen molar-refractivity contribution in [1.29, 1.82) is 0 Å². The van der Waals surface area contributed by atoms with Crippen LogP contribution >= 0.6 is 0 Å². The van der Waals surface area contributed by atoms with Gasteiger partial charge in [0, 0.05) is 6.04 Å². The molecule has 2 nitrogen and oxygen atoms in total. The van der Waals surface area contributed by atoms with Crippen LogP contribution in [0.1, 0.15) is 53.9 Å². The first-order valence-electron chi connectivity index (χ1n) is 5.89. The first-order chi connectivity index (χ1) is 6.44. The second-order valence-corrected chi connectivity index (χ2v) is 4.73. The van der Waals surface area contributed by atoms with Gasteiger partial charge in [0.1, 0.15) is 0 Å². The van der Waals surface area contributed by atoms with Crippen molar-refractivity contribution >= 4 is 0 Å². The Hall–Kier alpha value is -0.0800. The highest BCUT2D eigenvalue weighted by molar-refractivity contribution is 4.81. The van der Waals surface area contributed by atoms with Crippen LogP contribution < -0.4 is 5.32 Å². The summed E-state index contributed by atoms with van der Waals surface area (Å²) in [7, 11) is 0. The standard InChI is InChI=1S/C12H27NO/c1-6-11(7-2)12(5,14)8-9-13-10(3)4/h10-11,13-14H,6-9H2,1-5H3. The van der Waals surface area contributed by atoms with Crippen LogP contribution in [0.25, 0.3) is 0 Å². The van der Waals surface area contributed by atoms with Crippen LogP contribution in [0.2, 0.25) is 0 Å². The molecule has 0 radical (unpaired) electrons. The summed E-state index contributed by atoms with van der Waals surface area (Å²) in [4.78, 5) is 0. The third kappa shape index (κ3) is 4.97. The van der Waals surface area contributed by atoms with Gasteiger partial charge in [0.15, 0.2) is 0 Å². The molecule has 0 spiro atoms. The van der Waals surface area contributed by atoms with E-state index in [9.17, 15) is 5.11 Å². The average Bonchev–Trinajstić information content (AvgIpc) is 2.04. The normalized spacial score (nSPS) is 16.3. The Balaban J connectivity index is 3.92. The second-order valence-electron chi connectivity index (χ2n) is 4.73. The molecular formula is C12H27NO.